The molecular weight excluding hydrogens is 338 g/mol. The number of nitrogens with zero attached hydrogens (tertiary/aromatic N) is 4. The summed E-state index contributed by atoms with van der Waals surface area (Å²) in [5, 5.41) is 22.2. The predicted molar refractivity (Wildman–Crippen MR) is 98.4 cm³/mol. The van der Waals surface area contributed by atoms with Crippen LogP contribution in [0.3, 0.4) is 0 Å². The van der Waals surface area contributed by atoms with Crippen LogP contribution in [0, 0.1) is 20.8 Å². The second kappa shape index (κ2) is 8.15. The van der Waals surface area contributed by atoms with Crippen molar-refractivity contribution < 1.29 is 4.92 Å². The maximum absolute atomic E-state index is 10.7. The Bertz CT molecular complexity index is 803. The van der Waals surface area contributed by atoms with E-state index in [0.717, 1.165) is 30.1 Å². The molecule has 7 nitrogen and oxygen atoms in total. The van der Waals surface area contributed by atoms with Gasteiger partial charge in [-0.25, -0.2) is 0 Å². The molecule has 0 bridgehead atoms. The first-order chi connectivity index (χ1) is 12.1. The molecule has 0 saturated heterocycles. The van der Waals surface area contributed by atoms with E-state index in [1.807, 2.05) is 0 Å². The van der Waals surface area contributed by atoms with Gasteiger partial charge in [-0.1, -0.05) is 32.1 Å². The highest BCUT2D eigenvalue weighted by Gasteiger charge is 2.15. The summed E-state index contributed by atoms with van der Waals surface area (Å²) in [6.07, 6.45) is 10.2. The van der Waals surface area contributed by atoms with E-state index < -0.39 is 4.92 Å². The lowest BCUT2D eigenvalue weighted by Crippen LogP contribution is -2.09. The third-order valence-corrected chi connectivity index (χ3v) is 4.91. The Kier molecular flexibility index (Phi) is 5.70. The number of nitrogens with one attached hydrogen (secondary N) is 1. The summed E-state index contributed by atoms with van der Waals surface area (Å²) in [7, 11) is 0. The Labute approximate surface area is 150 Å². The summed E-state index contributed by atoms with van der Waals surface area (Å²) in [5.41, 5.74) is 0.831. The summed E-state index contributed by atoms with van der Waals surface area (Å²) in [5.74, 6) is 1.60. The average Bonchev–Trinajstić information content (AvgIpc) is 2.99. The van der Waals surface area contributed by atoms with E-state index >= 15 is 0 Å². The Morgan fingerprint density at radius 3 is 2.72 bits per heavy atom. The van der Waals surface area contributed by atoms with Gasteiger partial charge in [-0.05, 0) is 42.3 Å². The van der Waals surface area contributed by atoms with Gasteiger partial charge in [-0.3, -0.25) is 15.2 Å². The predicted octanol–water partition coefficient (Wildman–Crippen LogP) is 4.24. The quantitative estimate of drug-likeness (QED) is 0.361. The zero-order valence-corrected chi connectivity index (χ0v) is 14.7. The van der Waals surface area contributed by atoms with Crippen LogP contribution in [0.2, 0.25) is 0 Å². The van der Waals surface area contributed by atoms with E-state index in [1.54, 1.807) is 23.0 Å². The van der Waals surface area contributed by atoms with Gasteiger partial charge < -0.3 is 0 Å². The van der Waals surface area contributed by atoms with Crippen LogP contribution in [-0.4, -0.2) is 26.0 Å². The highest BCUT2D eigenvalue weighted by molar-refractivity contribution is 7.71. The Morgan fingerprint density at radius 1 is 1.32 bits per heavy atom. The molecule has 1 aliphatic rings. The Morgan fingerprint density at radius 2 is 2.04 bits per heavy atom. The number of nitro groups is 1. The number of aryl methyl sites for hydroxylation is 1. The molecule has 1 aromatic carbocycles. The molecule has 132 valence electrons. The number of hydrogen-bond donors (Lipinski definition) is 1. The molecule has 8 heteroatoms. The molecule has 0 spiro atoms. The van der Waals surface area contributed by atoms with Crippen molar-refractivity contribution in [3.8, 4) is 0 Å². The second-order valence-electron chi connectivity index (χ2n) is 6.39. The van der Waals surface area contributed by atoms with Crippen molar-refractivity contribution in [2.75, 3.05) is 0 Å². The molecule has 1 aromatic heterocycles. The lowest BCUT2D eigenvalue weighted by Gasteiger charge is -2.20. The third-order valence-electron chi connectivity index (χ3n) is 4.64. The van der Waals surface area contributed by atoms with Crippen molar-refractivity contribution in [1.82, 2.24) is 14.9 Å². The molecule has 0 atom stereocenters. The topological polar surface area (TPSA) is 89.1 Å². The molecule has 2 aromatic rings. The normalized spacial score (nSPS) is 15.7. The van der Waals surface area contributed by atoms with Crippen molar-refractivity contribution in [1.29, 1.82) is 0 Å². The number of hydrogen-bond acceptors (Lipinski definition) is 5. The number of nitro benzene ring substituents is 1. The fraction of sp³-hybridized carbons (Fsp3) is 0.471. The highest BCUT2D eigenvalue weighted by Crippen LogP contribution is 2.27. The van der Waals surface area contributed by atoms with E-state index in [0.29, 0.717) is 4.77 Å². The lowest BCUT2D eigenvalue weighted by atomic mass is 9.86. The number of rotatable bonds is 6. The smallest absolute Gasteiger partial charge is 0.258 e. The van der Waals surface area contributed by atoms with Gasteiger partial charge in [-0.15, -0.1) is 0 Å². The summed E-state index contributed by atoms with van der Waals surface area (Å²) < 4.78 is 2.09. The van der Waals surface area contributed by atoms with Crippen LogP contribution in [0.5, 0.6) is 0 Å². The average molecular weight is 359 g/mol. The van der Waals surface area contributed by atoms with Crippen molar-refractivity contribution >= 4 is 24.1 Å². The monoisotopic (exact) mass is 359 g/mol. The van der Waals surface area contributed by atoms with Crippen LogP contribution in [0.15, 0.2) is 29.4 Å². The molecule has 1 heterocycles. The second-order valence-corrected chi connectivity index (χ2v) is 6.78. The van der Waals surface area contributed by atoms with E-state index in [-0.39, 0.29) is 5.69 Å². The molecule has 1 aliphatic carbocycles. The largest absolute Gasteiger partial charge is 0.269 e. The fourth-order valence-electron chi connectivity index (χ4n) is 3.22. The molecule has 0 aliphatic heterocycles. The van der Waals surface area contributed by atoms with Crippen molar-refractivity contribution in [2.24, 2.45) is 11.0 Å². The van der Waals surface area contributed by atoms with Gasteiger partial charge in [0.15, 0.2) is 5.82 Å². The molecule has 0 unspecified atom stereocenters. The summed E-state index contributed by atoms with van der Waals surface area (Å²) >= 11 is 5.26. The minimum atomic E-state index is -0.420. The highest BCUT2D eigenvalue weighted by atomic mass is 32.1. The molecular formula is C17H21N5O2S. The van der Waals surface area contributed by atoms with Crippen LogP contribution < -0.4 is 0 Å². The van der Waals surface area contributed by atoms with Crippen LogP contribution in [0.4, 0.5) is 5.69 Å². The van der Waals surface area contributed by atoms with E-state index in [4.69, 9.17) is 12.2 Å². The lowest BCUT2D eigenvalue weighted by molar-refractivity contribution is -0.384. The molecule has 1 fully saturated rings. The summed E-state index contributed by atoms with van der Waals surface area (Å²) in [6.45, 7) is 0. The molecule has 1 N–H and O–H groups in total. The molecule has 1 saturated carbocycles. The van der Waals surface area contributed by atoms with E-state index in [2.05, 4.69) is 15.3 Å². The maximum atomic E-state index is 10.7. The third kappa shape index (κ3) is 4.60. The minimum absolute atomic E-state index is 0.0604. The zero-order valence-electron chi connectivity index (χ0n) is 13.9. The number of aromatic amines is 1. The minimum Gasteiger partial charge on any atom is -0.258 e. The van der Waals surface area contributed by atoms with Gasteiger partial charge >= 0.3 is 0 Å². The maximum Gasteiger partial charge on any atom is 0.269 e. The van der Waals surface area contributed by atoms with Gasteiger partial charge in [0, 0.05) is 18.6 Å². The first-order valence-electron chi connectivity index (χ1n) is 8.58. The van der Waals surface area contributed by atoms with Crippen molar-refractivity contribution in [3.05, 3.63) is 50.5 Å². The van der Waals surface area contributed by atoms with Gasteiger partial charge in [0.1, 0.15) is 0 Å². The first kappa shape index (κ1) is 17.5. The number of non-ortho nitro benzene ring substituents is 1. The van der Waals surface area contributed by atoms with Crippen molar-refractivity contribution in [3.63, 3.8) is 0 Å². The van der Waals surface area contributed by atoms with Crippen LogP contribution in [0.1, 0.15) is 49.9 Å². The number of aromatic nitrogens is 3. The van der Waals surface area contributed by atoms with Gasteiger partial charge in [-0.2, -0.15) is 14.9 Å². The van der Waals surface area contributed by atoms with Crippen LogP contribution in [-0.2, 0) is 6.42 Å². The first-order valence-corrected chi connectivity index (χ1v) is 8.99. The SMILES string of the molecule is O=[N+]([O-])c1ccc(/C=N\n2c(CCC3CCCCC3)n[nH]c2=S)cc1. The zero-order chi connectivity index (χ0) is 17.6. The van der Waals surface area contributed by atoms with Gasteiger partial charge in [0.25, 0.3) is 5.69 Å². The van der Waals surface area contributed by atoms with E-state index in [9.17, 15) is 10.1 Å². The molecule has 3 rings (SSSR count). The molecule has 0 amide bonds. The van der Waals surface area contributed by atoms with Gasteiger partial charge in [0.2, 0.25) is 4.77 Å². The Hall–Kier alpha value is -2.35. The molecule has 0 radical (unpaired) electrons. The molecule has 25 heavy (non-hydrogen) atoms. The Balaban J connectivity index is 1.68. The summed E-state index contributed by atoms with van der Waals surface area (Å²) in [6, 6.07) is 6.24. The van der Waals surface area contributed by atoms with Crippen molar-refractivity contribution in [2.45, 2.75) is 44.9 Å². The number of H-pyrrole nitrogens is 1. The van der Waals surface area contributed by atoms with E-state index in [1.165, 1.54) is 44.2 Å². The fourth-order valence-corrected chi connectivity index (χ4v) is 3.42. The number of benzene rings is 1. The van der Waals surface area contributed by atoms with Crippen LogP contribution in [0.25, 0.3) is 0 Å². The van der Waals surface area contributed by atoms with Crippen LogP contribution >= 0.6 is 12.2 Å². The van der Waals surface area contributed by atoms with Gasteiger partial charge in [0.05, 0.1) is 11.1 Å². The summed E-state index contributed by atoms with van der Waals surface area (Å²) in [4.78, 5) is 10.3. The standard InChI is InChI=1S/C17H21N5O2S/c23-22(24)15-9-6-14(7-10-15)12-18-21-16(19-20-17(21)25)11-8-13-4-2-1-3-5-13/h6-7,9-10,12-13H,1-5,8,11H2,(H,20,25)/b18-12-.